The van der Waals surface area contributed by atoms with Gasteiger partial charge in [-0.25, -0.2) is 0 Å². The van der Waals surface area contributed by atoms with Gasteiger partial charge in [0.15, 0.2) is 0 Å². The van der Waals surface area contributed by atoms with Gasteiger partial charge in [0.1, 0.15) is 0 Å². The average Bonchev–Trinajstić information content (AvgIpc) is 3.08. The highest BCUT2D eigenvalue weighted by Crippen LogP contribution is 2.28. The predicted octanol–water partition coefficient (Wildman–Crippen LogP) is 2.97. The minimum atomic E-state index is -0.773. The van der Waals surface area contributed by atoms with E-state index < -0.39 is 5.60 Å². The molecule has 0 aliphatic heterocycles. The number of rotatable bonds is 5. The molecule has 0 unspecified atom stereocenters. The number of carbonyl (C=O) groups is 2. The quantitative estimate of drug-likeness (QED) is 0.784. The minimum absolute atomic E-state index is 0.224. The van der Waals surface area contributed by atoms with Crippen molar-refractivity contribution in [3.8, 4) is 0 Å². The van der Waals surface area contributed by atoms with E-state index in [1.807, 2.05) is 30.3 Å². The summed E-state index contributed by atoms with van der Waals surface area (Å²) in [7, 11) is 0. The molecule has 0 radical (unpaired) electrons. The molecule has 0 spiro atoms. The Bertz CT molecular complexity index is 735. The van der Waals surface area contributed by atoms with E-state index in [-0.39, 0.29) is 18.4 Å². The van der Waals surface area contributed by atoms with Gasteiger partial charge >= 0.3 is 0 Å². The fraction of sp³-hybridized carbons (Fsp3) is 0.300. The molecule has 0 heterocycles. The van der Waals surface area contributed by atoms with Crippen LogP contribution in [-0.2, 0) is 0 Å². The predicted molar refractivity (Wildman–Crippen MR) is 96.6 cm³/mol. The Morgan fingerprint density at radius 2 is 1.44 bits per heavy atom. The molecule has 5 heteroatoms. The molecule has 3 N–H and O–H groups in total. The average molecular weight is 338 g/mol. The van der Waals surface area contributed by atoms with Crippen molar-refractivity contribution in [3.05, 3.63) is 65.7 Å². The molecule has 5 nitrogen and oxygen atoms in total. The van der Waals surface area contributed by atoms with Gasteiger partial charge in [-0.1, -0.05) is 31.0 Å². The first kappa shape index (κ1) is 17.2. The summed E-state index contributed by atoms with van der Waals surface area (Å²) >= 11 is 0. The Kier molecular flexibility index (Phi) is 5.14. The van der Waals surface area contributed by atoms with Crippen LogP contribution < -0.4 is 10.6 Å². The maximum absolute atomic E-state index is 12.2. The summed E-state index contributed by atoms with van der Waals surface area (Å²) in [6.45, 7) is 0.266. The zero-order valence-corrected chi connectivity index (χ0v) is 14.0. The van der Waals surface area contributed by atoms with Gasteiger partial charge in [-0.3, -0.25) is 9.59 Å². The minimum Gasteiger partial charge on any atom is -0.388 e. The smallest absolute Gasteiger partial charge is 0.255 e. The summed E-state index contributed by atoms with van der Waals surface area (Å²) in [6, 6.07) is 15.7. The summed E-state index contributed by atoms with van der Waals surface area (Å²) in [5.74, 6) is -0.464. The van der Waals surface area contributed by atoms with E-state index in [1.54, 1.807) is 24.3 Å². The first-order valence-corrected chi connectivity index (χ1v) is 8.53. The Morgan fingerprint density at radius 3 is 2.04 bits per heavy atom. The van der Waals surface area contributed by atoms with E-state index in [9.17, 15) is 14.7 Å². The summed E-state index contributed by atoms with van der Waals surface area (Å²) in [6.07, 6.45) is 3.45. The third-order valence-electron chi connectivity index (χ3n) is 4.55. The van der Waals surface area contributed by atoms with E-state index in [1.165, 1.54) is 0 Å². The molecule has 0 bridgehead atoms. The first-order chi connectivity index (χ1) is 12.1. The topological polar surface area (TPSA) is 78.4 Å². The molecule has 1 aliphatic rings. The highest BCUT2D eigenvalue weighted by Gasteiger charge is 2.31. The standard InChI is InChI=1S/C20H22N2O3/c23-18(21-14-20(25)12-4-5-13-20)15-8-10-16(11-9-15)19(24)22-17-6-2-1-3-7-17/h1-3,6-11,25H,4-5,12-14H2,(H,21,23)(H,22,24). The molecule has 1 saturated carbocycles. The highest BCUT2D eigenvalue weighted by atomic mass is 16.3. The summed E-state index contributed by atoms with van der Waals surface area (Å²) in [4.78, 5) is 24.4. The van der Waals surface area contributed by atoms with Gasteiger partial charge in [-0.15, -0.1) is 0 Å². The van der Waals surface area contributed by atoms with Crippen LogP contribution in [0.1, 0.15) is 46.4 Å². The van der Waals surface area contributed by atoms with E-state index in [2.05, 4.69) is 10.6 Å². The number of hydrogen-bond donors (Lipinski definition) is 3. The van der Waals surface area contributed by atoms with Crippen molar-refractivity contribution in [3.63, 3.8) is 0 Å². The second-order valence-electron chi connectivity index (χ2n) is 6.51. The molecule has 3 rings (SSSR count). The third kappa shape index (κ3) is 4.45. The Labute approximate surface area is 147 Å². The lowest BCUT2D eigenvalue weighted by molar-refractivity contribution is 0.0449. The van der Waals surface area contributed by atoms with Crippen LogP contribution >= 0.6 is 0 Å². The van der Waals surface area contributed by atoms with Crippen LogP contribution in [0.4, 0.5) is 5.69 Å². The van der Waals surface area contributed by atoms with Crippen molar-refractivity contribution in [2.45, 2.75) is 31.3 Å². The molecule has 25 heavy (non-hydrogen) atoms. The van der Waals surface area contributed by atoms with Gasteiger partial charge in [-0.2, -0.15) is 0 Å². The number of carbonyl (C=O) groups excluding carboxylic acids is 2. The second-order valence-corrected chi connectivity index (χ2v) is 6.51. The zero-order valence-electron chi connectivity index (χ0n) is 14.0. The number of aliphatic hydroxyl groups is 1. The van der Waals surface area contributed by atoms with Gasteiger partial charge in [0.2, 0.25) is 0 Å². The van der Waals surface area contributed by atoms with E-state index in [0.29, 0.717) is 11.1 Å². The lowest BCUT2D eigenvalue weighted by atomic mass is 10.0. The van der Waals surface area contributed by atoms with Crippen molar-refractivity contribution < 1.29 is 14.7 Å². The molecule has 2 amide bonds. The SMILES string of the molecule is O=C(NCC1(O)CCCC1)c1ccc(C(=O)Nc2ccccc2)cc1. The molecule has 1 fully saturated rings. The van der Waals surface area contributed by atoms with Crippen molar-refractivity contribution in [2.24, 2.45) is 0 Å². The second kappa shape index (κ2) is 7.49. The lowest BCUT2D eigenvalue weighted by Crippen LogP contribution is -2.40. The molecule has 1 aliphatic carbocycles. The zero-order chi connectivity index (χ0) is 17.7. The molecule has 2 aromatic carbocycles. The van der Waals surface area contributed by atoms with Gasteiger partial charge in [-0.05, 0) is 49.2 Å². The molecular formula is C20H22N2O3. The van der Waals surface area contributed by atoms with Crippen molar-refractivity contribution >= 4 is 17.5 Å². The van der Waals surface area contributed by atoms with Gasteiger partial charge < -0.3 is 15.7 Å². The summed E-state index contributed by atoms with van der Waals surface area (Å²) < 4.78 is 0. The number of para-hydroxylation sites is 1. The Morgan fingerprint density at radius 1 is 0.880 bits per heavy atom. The maximum Gasteiger partial charge on any atom is 0.255 e. The lowest BCUT2D eigenvalue weighted by Gasteiger charge is -2.22. The third-order valence-corrected chi connectivity index (χ3v) is 4.55. The van der Waals surface area contributed by atoms with Gasteiger partial charge in [0, 0.05) is 23.4 Å². The van der Waals surface area contributed by atoms with Crippen molar-refractivity contribution in [1.29, 1.82) is 0 Å². The number of amides is 2. The number of benzene rings is 2. The van der Waals surface area contributed by atoms with Gasteiger partial charge in [0.25, 0.3) is 11.8 Å². The van der Waals surface area contributed by atoms with E-state index in [0.717, 1.165) is 31.4 Å². The highest BCUT2D eigenvalue weighted by molar-refractivity contribution is 6.05. The van der Waals surface area contributed by atoms with E-state index in [4.69, 9.17) is 0 Å². The van der Waals surface area contributed by atoms with Crippen LogP contribution in [0.25, 0.3) is 0 Å². The number of nitrogens with one attached hydrogen (secondary N) is 2. The van der Waals surface area contributed by atoms with Gasteiger partial charge in [0.05, 0.1) is 5.60 Å². The first-order valence-electron chi connectivity index (χ1n) is 8.53. The van der Waals surface area contributed by atoms with Crippen LogP contribution in [0.5, 0.6) is 0 Å². The van der Waals surface area contributed by atoms with Crippen LogP contribution in [0.3, 0.4) is 0 Å². The van der Waals surface area contributed by atoms with Crippen LogP contribution in [0.2, 0.25) is 0 Å². The molecule has 130 valence electrons. The number of hydrogen-bond acceptors (Lipinski definition) is 3. The van der Waals surface area contributed by atoms with Crippen LogP contribution in [0.15, 0.2) is 54.6 Å². The Balaban J connectivity index is 1.57. The van der Waals surface area contributed by atoms with Crippen LogP contribution in [-0.4, -0.2) is 29.1 Å². The van der Waals surface area contributed by atoms with Crippen LogP contribution in [0, 0.1) is 0 Å². The normalized spacial score (nSPS) is 15.6. The summed E-state index contributed by atoms with van der Waals surface area (Å²) in [5, 5.41) is 15.9. The monoisotopic (exact) mass is 338 g/mol. The van der Waals surface area contributed by atoms with Crippen molar-refractivity contribution in [1.82, 2.24) is 5.32 Å². The van der Waals surface area contributed by atoms with E-state index >= 15 is 0 Å². The fourth-order valence-electron chi connectivity index (χ4n) is 3.05. The molecule has 0 aromatic heterocycles. The molecule has 2 aromatic rings. The molecular weight excluding hydrogens is 316 g/mol. The number of anilines is 1. The van der Waals surface area contributed by atoms with Crippen molar-refractivity contribution in [2.75, 3.05) is 11.9 Å². The molecule has 0 saturated heterocycles. The fourth-order valence-corrected chi connectivity index (χ4v) is 3.05. The Hall–Kier alpha value is -2.66. The maximum atomic E-state index is 12.2. The largest absolute Gasteiger partial charge is 0.388 e. The molecule has 0 atom stereocenters. The summed E-state index contributed by atoms with van der Waals surface area (Å²) in [5.41, 5.74) is 0.900.